The molecule has 94 valence electrons. The molecule has 0 aromatic carbocycles. The van der Waals surface area contributed by atoms with E-state index in [1.165, 1.54) is 5.39 Å². The van der Waals surface area contributed by atoms with Gasteiger partial charge in [-0.15, -0.1) is 11.3 Å². The Kier molecular flexibility index (Phi) is 2.56. The summed E-state index contributed by atoms with van der Waals surface area (Å²) in [4.78, 5) is 4.45. The average Bonchev–Trinajstić information content (AvgIpc) is 2.81. The summed E-state index contributed by atoms with van der Waals surface area (Å²) in [6.45, 7) is 8.23. The summed E-state index contributed by atoms with van der Waals surface area (Å²) in [7, 11) is -0.377. The van der Waals surface area contributed by atoms with Gasteiger partial charge in [0, 0.05) is 6.20 Å². The van der Waals surface area contributed by atoms with Crippen molar-refractivity contribution in [1.29, 1.82) is 0 Å². The maximum Gasteiger partial charge on any atom is 0.516 e. The Morgan fingerprint density at radius 2 is 1.78 bits per heavy atom. The maximum absolute atomic E-state index is 6.05. The number of hydrogen-bond acceptors (Lipinski definition) is 4. The number of rotatable bonds is 1. The number of fused-ring (bicyclic) bond motifs is 1. The van der Waals surface area contributed by atoms with E-state index in [-0.39, 0.29) is 18.3 Å². The summed E-state index contributed by atoms with van der Waals surface area (Å²) < 4.78 is 13.2. The topological polar surface area (TPSA) is 31.4 Å². The molecule has 0 spiro atoms. The Bertz CT molecular complexity index is 577. The molecule has 2 aromatic rings. The van der Waals surface area contributed by atoms with E-state index >= 15 is 0 Å². The number of pyridine rings is 1. The van der Waals surface area contributed by atoms with E-state index < -0.39 is 0 Å². The van der Waals surface area contributed by atoms with E-state index in [0.29, 0.717) is 0 Å². The number of thiophene rings is 1. The van der Waals surface area contributed by atoms with Crippen LogP contribution in [0.3, 0.4) is 0 Å². The van der Waals surface area contributed by atoms with Crippen LogP contribution in [0.15, 0.2) is 23.7 Å². The molecule has 3 nitrogen and oxygen atoms in total. The van der Waals surface area contributed by atoms with Gasteiger partial charge in [0.2, 0.25) is 0 Å². The molecule has 0 N–H and O–H groups in total. The van der Waals surface area contributed by atoms with Crippen molar-refractivity contribution in [3.63, 3.8) is 0 Å². The first kappa shape index (κ1) is 12.1. The van der Waals surface area contributed by atoms with Crippen molar-refractivity contribution >= 4 is 34.1 Å². The molecule has 3 rings (SSSR count). The minimum atomic E-state index is -0.377. The van der Waals surface area contributed by atoms with Gasteiger partial charge in [-0.2, -0.15) is 0 Å². The Morgan fingerprint density at radius 3 is 2.44 bits per heavy atom. The standard InChI is InChI=1S/C13H16BNO2S/c1-12(2)13(3,4)17-14(16-12)11-10-9(5-7-15-11)6-8-18-10/h5-8H,1-4H3. The monoisotopic (exact) mass is 261 g/mol. The lowest BCUT2D eigenvalue weighted by molar-refractivity contribution is 0.00578. The van der Waals surface area contributed by atoms with Crippen LogP contribution in [0.1, 0.15) is 27.7 Å². The van der Waals surface area contributed by atoms with Crippen molar-refractivity contribution in [3.8, 4) is 0 Å². The lowest BCUT2D eigenvalue weighted by Crippen LogP contribution is -2.41. The molecule has 1 aliphatic rings. The number of aromatic nitrogens is 1. The van der Waals surface area contributed by atoms with Crippen LogP contribution >= 0.6 is 11.3 Å². The Labute approximate surface area is 111 Å². The highest BCUT2D eigenvalue weighted by Gasteiger charge is 2.52. The highest BCUT2D eigenvalue weighted by Crippen LogP contribution is 2.37. The molecule has 0 saturated carbocycles. The van der Waals surface area contributed by atoms with Crippen molar-refractivity contribution in [3.05, 3.63) is 23.7 Å². The second-order valence-electron chi connectivity index (χ2n) is 5.62. The second-order valence-corrected chi connectivity index (χ2v) is 6.54. The first-order valence-electron chi connectivity index (χ1n) is 6.08. The van der Waals surface area contributed by atoms with Gasteiger partial charge in [-0.3, -0.25) is 4.98 Å². The highest BCUT2D eigenvalue weighted by molar-refractivity contribution is 7.18. The number of hydrogen-bond donors (Lipinski definition) is 0. The zero-order valence-corrected chi connectivity index (χ0v) is 11.9. The van der Waals surface area contributed by atoms with Crippen LogP contribution in [0, 0.1) is 0 Å². The molecule has 2 aromatic heterocycles. The van der Waals surface area contributed by atoms with E-state index in [2.05, 4.69) is 44.1 Å². The van der Waals surface area contributed by atoms with Gasteiger partial charge in [0.15, 0.2) is 0 Å². The van der Waals surface area contributed by atoms with E-state index in [0.717, 1.165) is 10.3 Å². The third-order valence-corrected chi connectivity index (χ3v) is 4.83. The first-order chi connectivity index (χ1) is 8.41. The molecule has 0 atom stereocenters. The van der Waals surface area contributed by atoms with E-state index in [1.54, 1.807) is 11.3 Å². The van der Waals surface area contributed by atoms with Gasteiger partial charge in [-0.1, -0.05) is 0 Å². The fraction of sp³-hybridized carbons (Fsp3) is 0.462. The molecule has 0 radical (unpaired) electrons. The molecule has 1 aliphatic heterocycles. The maximum atomic E-state index is 6.05. The fourth-order valence-electron chi connectivity index (χ4n) is 2.04. The van der Waals surface area contributed by atoms with Crippen LogP contribution in [0.25, 0.3) is 10.1 Å². The third-order valence-electron chi connectivity index (χ3n) is 3.87. The lowest BCUT2D eigenvalue weighted by atomic mass is 9.84. The molecule has 0 unspecified atom stereocenters. The SMILES string of the molecule is CC1(C)OB(c2nccc3ccsc23)OC1(C)C. The Balaban J connectivity index is 2.05. The van der Waals surface area contributed by atoms with Crippen LogP contribution in [0.4, 0.5) is 0 Å². The van der Waals surface area contributed by atoms with Gasteiger partial charge in [0.1, 0.15) is 0 Å². The van der Waals surface area contributed by atoms with Crippen molar-refractivity contribution in [2.45, 2.75) is 38.9 Å². The molecule has 5 heteroatoms. The van der Waals surface area contributed by atoms with Crippen LogP contribution in [-0.2, 0) is 9.31 Å². The molecule has 18 heavy (non-hydrogen) atoms. The molecule has 0 bridgehead atoms. The van der Waals surface area contributed by atoms with Crippen LogP contribution < -0.4 is 5.59 Å². The lowest BCUT2D eigenvalue weighted by Gasteiger charge is -2.32. The normalized spacial score (nSPS) is 21.7. The minimum Gasteiger partial charge on any atom is -0.398 e. The molecular formula is C13H16BNO2S. The van der Waals surface area contributed by atoms with E-state index in [1.807, 2.05) is 12.3 Å². The Morgan fingerprint density at radius 1 is 1.11 bits per heavy atom. The van der Waals surface area contributed by atoms with Crippen LogP contribution in [-0.4, -0.2) is 23.3 Å². The summed E-state index contributed by atoms with van der Waals surface area (Å²) in [6, 6.07) is 4.11. The van der Waals surface area contributed by atoms with Gasteiger partial charge in [-0.05, 0) is 50.6 Å². The molecule has 0 aliphatic carbocycles. The van der Waals surface area contributed by atoms with Gasteiger partial charge in [0.05, 0.1) is 21.5 Å². The largest absolute Gasteiger partial charge is 0.516 e. The van der Waals surface area contributed by atoms with Gasteiger partial charge < -0.3 is 9.31 Å². The highest BCUT2D eigenvalue weighted by atomic mass is 32.1. The smallest absolute Gasteiger partial charge is 0.398 e. The second kappa shape index (κ2) is 3.79. The molecule has 1 fully saturated rings. The van der Waals surface area contributed by atoms with E-state index in [4.69, 9.17) is 9.31 Å². The zero-order valence-electron chi connectivity index (χ0n) is 11.1. The molecular weight excluding hydrogens is 245 g/mol. The van der Waals surface area contributed by atoms with Gasteiger partial charge >= 0.3 is 7.12 Å². The fourth-order valence-corrected chi connectivity index (χ4v) is 2.93. The Hall–Kier alpha value is -0.905. The average molecular weight is 261 g/mol. The van der Waals surface area contributed by atoms with Gasteiger partial charge in [0.25, 0.3) is 0 Å². The predicted molar refractivity (Wildman–Crippen MR) is 75.3 cm³/mol. The summed E-state index contributed by atoms with van der Waals surface area (Å²) in [6.07, 6.45) is 1.81. The molecule has 1 saturated heterocycles. The van der Waals surface area contributed by atoms with E-state index in [9.17, 15) is 0 Å². The summed E-state index contributed by atoms with van der Waals surface area (Å²) in [5.74, 6) is 0. The molecule has 0 amide bonds. The van der Waals surface area contributed by atoms with Crippen LogP contribution in [0.2, 0.25) is 0 Å². The van der Waals surface area contributed by atoms with Crippen molar-refractivity contribution in [1.82, 2.24) is 4.98 Å². The first-order valence-corrected chi connectivity index (χ1v) is 6.96. The van der Waals surface area contributed by atoms with Crippen LogP contribution in [0.5, 0.6) is 0 Å². The summed E-state index contributed by atoms with van der Waals surface area (Å²) >= 11 is 1.68. The summed E-state index contributed by atoms with van der Waals surface area (Å²) in [5.41, 5.74) is 0.249. The van der Waals surface area contributed by atoms with Crippen molar-refractivity contribution in [2.24, 2.45) is 0 Å². The minimum absolute atomic E-state index is 0.321. The van der Waals surface area contributed by atoms with Crippen molar-refractivity contribution in [2.75, 3.05) is 0 Å². The third kappa shape index (κ3) is 1.69. The number of nitrogens with zero attached hydrogens (tertiary/aromatic N) is 1. The van der Waals surface area contributed by atoms with Gasteiger partial charge in [-0.25, -0.2) is 0 Å². The summed E-state index contributed by atoms with van der Waals surface area (Å²) in [5, 5.41) is 3.26. The molecule has 3 heterocycles. The predicted octanol–water partition coefficient (Wildman–Crippen LogP) is 2.60. The quantitative estimate of drug-likeness (QED) is 0.739. The van der Waals surface area contributed by atoms with Crippen molar-refractivity contribution < 1.29 is 9.31 Å². The zero-order chi connectivity index (χ0) is 13.0.